The molecule has 1 heterocycles. The number of aromatic nitrogens is 1. The van der Waals surface area contributed by atoms with E-state index in [1.54, 1.807) is 11.3 Å². The highest BCUT2D eigenvalue weighted by atomic mass is 32.2. The van der Waals surface area contributed by atoms with Gasteiger partial charge in [-0.1, -0.05) is 13.8 Å². The van der Waals surface area contributed by atoms with Crippen LogP contribution in [0.1, 0.15) is 30.7 Å². The molecule has 0 aliphatic heterocycles. The molecule has 20 heavy (non-hydrogen) atoms. The molecular weight excluding hydrogens is 288 g/mol. The molecular formula is C14H26N4S2. The molecule has 1 unspecified atom stereocenters. The molecule has 1 aromatic rings. The quantitative estimate of drug-likeness (QED) is 0.572. The zero-order valence-electron chi connectivity index (χ0n) is 12.9. The summed E-state index contributed by atoms with van der Waals surface area (Å²) >= 11 is 3.64. The molecule has 0 spiro atoms. The molecule has 1 atom stereocenters. The van der Waals surface area contributed by atoms with Gasteiger partial charge < -0.3 is 10.6 Å². The summed E-state index contributed by atoms with van der Waals surface area (Å²) in [6.07, 6.45) is 6.13. The molecule has 0 bridgehead atoms. The number of guanidine groups is 1. The van der Waals surface area contributed by atoms with Crippen LogP contribution in [0.5, 0.6) is 0 Å². The molecule has 0 fully saturated rings. The molecule has 1 rings (SSSR count). The zero-order valence-corrected chi connectivity index (χ0v) is 14.5. The van der Waals surface area contributed by atoms with Crippen LogP contribution in [-0.2, 0) is 12.8 Å². The summed E-state index contributed by atoms with van der Waals surface area (Å²) in [5.74, 6) is 0.903. The second kappa shape index (κ2) is 10.0. The van der Waals surface area contributed by atoms with E-state index in [0.29, 0.717) is 5.25 Å². The van der Waals surface area contributed by atoms with Gasteiger partial charge in [0, 0.05) is 35.8 Å². The molecule has 0 amide bonds. The molecule has 6 heteroatoms. The Bertz CT molecular complexity index is 404. The molecule has 0 radical (unpaired) electrons. The highest BCUT2D eigenvalue weighted by molar-refractivity contribution is 7.99. The number of aliphatic imine (C=N–C) groups is 1. The summed E-state index contributed by atoms with van der Waals surface area (Å²) in [6.45, 7) is 9.04. The van der Waals surface area contributed by atoms with Crippen molar-refractivity contribution in [3.8, 4) is 0 Å². The van der Waals surface area contributed by atoms with Crippen molar-refractivity contribution in [1.29, 1.82) is 0 Å². The minimum absolute atomic E-state index is 0.552. The third kappa shape index (κ3) is 6.61. The normalized spacial score (nSPS) is 13.3. The van der Waals surface area contributed by atoms with E-state index in [2.05, 4.69) is 47.6 Å². The lowest BCUT2D eigenvalue weighted by atomic mass is 10.4. The predicted octanol–water partition coefficient (Wildman–Crippen LogP) is 2.55. The fourth-order valence-electron chi connectivity index (χ4n) is 1.55. The van der Waals surface area contributed by atoms with Gasteiger partial charge in [0.05, 0.1) is 11.6 Å². The van der Waals surface area contributed by atoms with E-state index in [9.17, 15) is 0 Å². The van der Waals surface area contributed by atoms with Gasteiger partial charge in [0.1, 0.15) is 0 Å². The van der Waals surface area contributed by atoms with E-state index in [-0.39, 0.29) is 0 Å². The monoisotopic (exact) mass is 314 g/mol. The van der Waals surface area contributed by atoms with Gasteiger partial charge in [-0.15, -0.1) is 11.3 Å². The van der Waals surface area contributed by atoms with Crippen molar-refractivity contribution in [2.75, 3.05) is 25.9 Å². The smallest absolute Gasteiger partial charge is 0.191 e. The van der Waals surface area contributed by atoms with Crippen molar-refractivity contribution in [1.82, 2.24) is 15.6 Å². The Morgan fingerprint density at radius 2 is 2.25 bits per heavy atom. The maximum atomic E-state index is 4.59. The summed E-state index contributed by atoms with van der Waals surface area (Å²) in [5.41, 5.74) is 0. The lowest BCUT2D eigenvalue weighted by molar-refractivity contribution is 0.793. The van der Waals surface area contributed by atoms with Crippen molar-refractivity contribution >= 4 is 29.1 Å². The van der Waals surface area contributed by atoms with Crippen LogP contribution in [0.25, 0.3) is 0 Å². The van der Waals surface area contributed by atoms with E-state index in [1.807, 2.05) is 18.0 Å². The number of rotatable bonds is 8. The first-order valence-corrected chi connectivity index (χ1v) is 9.28. The van der Waals surface area contributed by atoms with E-state index < -0.39 is 0 Å². The summed E-state index contributed by atoms with van der Waals surface area (Å²) < 4.78 is 0. The number of hydrogen-bond donors (Lipinski definition) is 2. The molecule has 114 valence electrons. The Hall–Kier alpha value is -0.750. The van der Waals surface area contributed by atoms with Gasteiger partial charge in [0.25, 0.3) is 0 Å². The molecule has 1 aromatic heterocycles. The highest BCUT2D eigenvalue weighted by Gasteiger charge is 2.03. The Balaban J connectivity index is 2.38. The number of nitrogens with one attached hydrogen (secondary N) is 2. The lowest BCUT2D eigenvalue weighted by Gasteiger charge is -2.12. The largest absolute Gasteiger partial charge is 0.357 e. The predicted molar refractivity (Wildman–Crippen MR) is 92.2 cm³/mol. The van der Waals surface area contributed by atoms with Crippen molar-refractivity contribution in [2.45, 2.75) is 38.9 Å². The molecule has 2 N–H and O–H groups in total. The van der Waals surface area contributed by atoms with Gasteiger partial charge in [-0.2, -0.15) is 11.8 Å². The van der Waals surface area contributed by atoms with E-state index >= 15 is 0 Å². The molecule has 0 aliphatic carbocycles. The Kier molecular flexibility index (Phi) is 8.69. The summed E-state index contributed by atoms with van der Waals surface area (Å²) in [7, 11) is 0. The Labute approximate surface area is 130 Å². The van der Waals surface area contributed by atoms with Crippen molar-refractivity contribution < 1.29 is 0 Å². The van der Waals surface area contributed by atoms with Gasteiger partial charge in [-0.05, 0) is 19.6 Å². The molecule has 0 aliphatic rings. The van der Waals surface area contributed by atoms with Gasteiger partial charge in [-0.25, -0.2) is 4.98 Å². The number of hydrogen-bond acceptors (Lipinski definition) is 4. The lowest BCUT2D eigenvalue weighted by Crippen LogP contribution is -2.38. The average Bonchev–Trinajstić information content (AvgIpc) is 2.92. The second-order valence-electron chi connectivity index (χ2n) is 4.52. The van der Waals surface area contributed by atoms with Crippen LogP contribution in [0.2, 0.25) is 0 Å². The van der Waals surface area contributed by atoms with Crippen LogP contribution in [0.4, 0.5) is 0 Å². The summed E-state index contributed by atoms with van der Waals surface area (Å²) in [6, 6.07) is 0. The zero-order chi connectivity index (χ0) is 14.8. The SMILES string of the molecule is CCNC(=NCC(C)SC)NCCc1ncc(CC)s1. The maximum absolute atomic E-state index is 4.59. The van der Waals surface area contributed by atoms with Crippen LogP contribution in [-0.4, -0.2) is 42.1 Å². The second-order valence-corrected chi connectivity index (χ2v) is 6.99. The molecule has 4 nitrogen and oxygen atoms in total. The number of aryl methyl sites for hydroxylation is 1. The average molecular weight is 315 g/mol. The summed E-state index contributed by atoms with van der Waals surface area (Å²) in [5, 5.41) is 8.40. The number of thiazole rings is 1. The molecule has 0 saturated carbocycles. The minimum atomic E-state index is 0.552. The Morgan fingerprint density at radius 3 is 2.85 bits per heavy atom. The first-order chi connectivity index (χ1) is 9.69. The van der Waals surface area contributed by atoms with Crippen molar-refractivity contribution in [2.24, 2.45) is 4.99 Å². The fraction of sp³-hybridized carbons (Fsp3) is 0.714. The van der Waals surface area contributed by atoms with E-state index in [1.165, 1.54) is 9.88 Å². The van der Waals surface area contributed by atoms with Crippen LogP contribution in [0, 0.1) is 0 Å². The maximum Gasteiger partial charge on any atom is 0.191 e. The van der Waals surface area contributed by atoms with Crippen LogP contribution in [0.3, 0.4) is 0 Å². The van der Waals surface area contributed by atoms with Gasteiger partial charge in [-0.3, -0.25) is 4.99 Å². The Morgan fingerprint density at radius 1 is 1.45 bits per heavy atom. The molecule has 0 saturated heterocycles. The highest BCUT2D eigenvalue weighted by Crippen LogP contribution is 2.13. The molecule has 0 aromatic carbocycles. The first kappa shape index (κ1) is 17.3. The van der Waals surface area contributed by atoms with Crippen LogP contribution >= 0.6 is 23.1 Å². The van der Waals surface area contributed by atoms with E-state index in [4.69, 9.17) is 0 Å². The first-order valence-electron chi connectivity index (χ1n) is 7.18. The van der Waals surface area contributed by atoms with Gasteiger partial charge in [0.2, 0.25) is 0 Å². The fourth-order valence-corrected chi connectivity index (χ4v) is 2.64. The standard InChI is InChI=1S/C14H26N4S2/c1-5-12-10-17-13(20-12)7-8-16-14(15-6-2)18-9-11(3)19-4/h10-11H,5-9H2,1-4H3,(H2,15,16,18). The third-order valence-corrected chi connectivity index (χ3v) is 4.99. The van der Waals surface area contributed by atoms with Crippen molar-refractivity contribution in [3.63, 3.8) is 0 Å². The van der Waals surface area contributed by atoms with Crippen LogP contribution in [0.15, 0.2) is 11.2 Å². The summed E-state index contributed by atoms with van der Waals surface area (Å²) in [4.78, 5) is 10.4. The van der Waals surface area contributed by atoms with Crippen molar-refractivity contribution in [3.05, 3.63) is 16.1 Å². The topological polar surface area (TPSA) is 49.3 Å². The van der Waals surface area contributed by atoms with Gasteiger partial charge in [0.15, 0.2) is 5.96 Å². The van der Waals surface area contributed by atoms with Crippen LogP contribution < -0.4 is 10.6 Å². The number of thioether (sulfide) groups is 1. The third-order valence-electron chi connectivity index (χ3n) is 2.83. The number of nitrogens with zero attached hydrogens (tertiary/aromatic N) is 2. The minimum Gasteiger partial charge on any atom is -0.357 e. The van der Waals surface area contributed by atoms with E-state index in [0.717, 1.165) is 38.4 Å². The van der Waals surface area contributed by atoms with Gasteiger partial charge >= 0.3 is 0 Å².